The Morgan fingerprint density at radius 2 is 2.27 bits per heavy atom. The van der Waals surface area contributed by atoms with E-state index in [2.05, 4.69) is 15.9 Å². The predicted molar refractivity (Wildman–Crippen MR) is 60.0 cm³/mol. The molecule has 1 aromatic carbocycles. The zero-order valence-corrected chi connectivity index (χ0v) is 9.67. The van der Waals surface area contributed by atoms with E-state index in [1.54, 1.807) is 0 Å². The number of carbonyl (C=O) groups is 1. The molecule has 0 spiro atoms. The van der Waals surface area contributed by atoms with E-state index in [1.807, 2.05) is 25.1 Å². The molecule has 0 amide bonds. The second-order valence-corrected chi connectivity index (χ2v) is 4.28. The molecule has 4 heteroatoms. The molecule has 0 atom stereocenters. The molecule has 2 rings (SSSR count). The van der Waals surface area contributed by atoms with Crippen molar-refractivity contribution in [1.82, 2.24) is 0 Å². The molecule has 0 aliphatic carbocycles. The maximum absolute atomic E-state index is 10.6. The van der Waals surface area contributed by atoms with E-state index in [9.17, 15) is 4.79 Å². The number of halogens is 1. The summed E-state index contributed by atoms with van der Waals surface area (Å²) in [5.41, 5.74) is 1.63. The van der Waals surface area contributed by atoms with E-state index in [0.29, 0.717) is 5.76 Å². The number of aliphatic carboxylic acids is 1. The highest BCUT2D eigenvalue weighted by atomic mass is 79.9. The van der Waals surface area contributed by atoms with Gasteiger partial charge in [-0.05, 0) is 30.7 Å². The van der Waals surface area contributed by atoms with Gasteiger partial charge in [-0.15, -0.1) is 0 Å². The molecule has 0 bridgehead atoms. The molecule has 0 radical (unpaired) electrons. The van der Waals surface area contributed by atoms with Gasteiger partial charge in [0, 0.05) is 9.86 Å². The Hall–Kier alpha value is -1.29. The van der Waals surface area contributed by atoms with E-state index in [4.69, 9.17) is 9.52 Å². The third kappa shape index (κ3) is 1.90. The standard InChI is InChI=1S/C11H9BrO3/c1-6-8-4-7(12)2-3-9(8)15-10(6)5-11(13)14/h2-4H,5H2,1H3,(H,13,14). The summed E-state index contributed by atoms with van der Waals surface area (Å²) in [6.45, 7) is 1.87. The van der Waals surface area contributed by atoms with Crippen LogP contribution in [0.25, 0.3) is 11.0 Å². The molecule has 3 nitrogen and oxygen atoms in total. The highest BCUT2D eigenvalue weighted by Crippen LogP contribution is 2.28. The van der Waals surface area contributed by atoms with Crippen molar-refractivity contribution in [2.24, 2.45) is 0 Å². The summed E-state index contributed by atoms with van der Waals surface area (Å²) in [7, 11) is 0. The number of hydrogen-bond acceptors (Lipinski definition) is 2. The van der Waals surface area contributed by atoms with E-state index in [1.165, 1.54) is 0 Å². The Labute approximate surface area is 94.8 Å². The first-order chi connectivity index (χ1) is 7.08. The first-order valence-corrected chi connectivity index (χ1v) is 5.26. The summed E-state index contributed by atoms with van der Waals surface area (Å²) in [6, 6.07) is 5.63. The van der Waals surface area contributed by atoms with Crippen molar-refractivity contribution in [3.05, 3.63) is 34.0 Å². The summed E-state index contributed by atoms with van der Waals surface area (Å²) in [5, 5.41) is 9.66. The summed E-state index contributed by atoms with van der Waals surface area (Å²) < 4.78 is 6.42. The van der Waals surface area contributed by atoms with Gasteiger partial charge in [0.2, 0.25) is 0 Å². The monoisotopic (exact) mass is 268 g/mol. The van der Waals surface area contributed by atoms with Crippen LogP contribution < -0.4 is 0 Å². The van der Waals surface area contributed by atoms with E-state index in [-0.39, 0.29) is 6.42 Å². The lowest BCUT2D eigenvalue weighted by Crippen LogP contribution is -1.99. The maximum atomic E-state index is 10.6. The van der Waals surface area contributed by atoms with Crippen LogP contribution in [-0.2, 0) is 11.2 Å². The molecule has 2 aromatic rings. The Balaban J connectivity index is 2.59. The first-order valence-electron chi connectivity index (χ1n) is 4.47. The largest absolute Gasteiger partial charge is 0.481 e. The molecule has 0 aliphatic heterocycles. The van der Waals surface area contributed by atoms with Crippen LogP contribution in [0.4, 0.5) is 0 Å². The Kier molecular flexibility index (Phi) is 2.52. The van der Waals surface area contributed by atoms with Gasteiger partial charge in [0.25, 0.3) is 0 Å². The van der Waals surface area contributed by atoms with Crippen LogP contribution in [-0.4, -0.2) is 11.1 Å². The highest BCUT2D eigenvalue weighted by molar-refractivity contribution is 9.10. The second-order valence-electron chi connectivity index (χ2n) is 3.36. The van der Waals surface area contributed by atoms with Crippen LogP contribution in [0.2, 0.25) is 0 Å². The second kappa shape index (κ2) is 3.70. The molecule has 0 unspecified atom stereocenters. The predicted octanol–water partition coefficient (Wildman–Crippen LogP) is 3.13. The van der Waals surface area contributed by atoms with Crippen molar-refractivity contribution < 1.29 is 14.3 Å². The van der Waals surface area contributed by atoms with E-state index in [0.717, 1.165) is 21.0 Å². The number of rotatable bonds is 2. The number of furan rings is 1. The normalized spacial score (nSPS) is 10.8. The number of aryl methyl sites for hydroxylation is 1. The number of benzene rings is 1. The lowest BCUT2D eigenvalue weighted by molar-refractivity contribution is -0.136. The average molecular weight is 269 g/mol. The molecule has 1 heterocycles. The fourth-order valence-electron chi connectivity index (χ4n) is 1.55. The summed E-state index contributed by atoms with van der Waals surface area (Å²) in [5.74, 6) is -0.355. The quantitative estimate of drug-likeness (QED) is 0.911. The Bertz CT molecular complexity index is 528. The minimum atomic E-state index is -0.878. The molecular weight excluding hydrogens is 260 g/mol. The number of fused-ring (bicyclic) bond motifs is 1. The molecule has 15 heavy (non-hydrogen) atoms. The topological polar surface area (TPSA) is 50.4 Å². The molecule has 1 aromatic heterocycles. The van der Waals surface area contributed by atoms with Gasteiger partial charge in [-0.25, -0.2) is 0 Å². The van der Waals surface area contributed by atoms with Crippen LogP contribution in [0.15, 0.2) is 27.1 Å². The molecule has 0 saturated heterocycles. The van der Waals surface area contributed by atoms with Gasteiger partial charge in [0.15, 0.2) is 0 Å². The summed E-state index contributed by atoms with van der Waals surface area (Å²) >= 11 is 3.37. The molecule has 78 valence electrons. The SMILES string of the molecule is Cc1c(CC(=O)O)oc2ccc(Br)cc12. The van der Waals surface area contributed by atoms with Gasteiger partial charge >= 0.3 is 5.97 Å². The number of hydrogen-bond donors (Lipinski definition) is 1. The van der Waals surface area contributed by atoms with Gasteiger partial charge < -0.3 is 9.52 Å². The van der Waals surface area contributed by atoms with Gasteiger partial charge in [0.1, 0.15) is 17.8 Å². The summed E-state index contributed by atoms with van der Waals surface area (Å²) in [4.78, 5) is 10.6. The highest BCUT2D eigenvalue weighted by Gasteiger charge is 2.13. The fraction of sp³-hybridized carbons (Fsp3) is 0.182. The third-order valence-corrected chi connectivity index (χ3v) is 2.80. The van der Waals surface area contributed by atoms with Gasteiger partial charge in [-0.2, -0.15) is 0 Å². The smallest absolute Gasteiger partial charge is 0.311 e. The summed E-state index contributed by atoms with van der Waals surface area (Å²) in [6.07, 6.45) is -0.0713. The fourth-order valence-corrected chi connectivity index (χ4v) is 1.91. The zero-order valence-electron chi connectivity index (χ0n) is 8.08. The van der Waals surface area contributed by atoms with Crippen molar-refractivity contribution in [2.75, 3.05) is 0 Å². The van der Waals surface area contributed by atoms with E-state index < -0.39 is 5.97 Å². The molecule has 0 aliphatic rings. The molecule has 1 N–H and O–H groups in total. The van der Waals surface area contributed by atoms with Crippen LogP contribution in [0.3, 0.4) is 0 Å². The lowest BCUT2D eigenvalue weighted by Gasteiger charge is -1.92. The first kappa shape index (κ1) is 10.2. The van der Waals surface area contributed by atoms with Crippen molar-refractivity contribution in [3.8, 4) is 0 Å². The van der Waals surface area contributed by atoms with Crippen LogP contribution in [0.5, 0.6) is 0 Å². The van der Waals surface area contributed by atoms with Crippen molar-refractivity contribution in [3.63, 3.8) is 0 Å². The van der Waals surface area contributed by atoms with Crippen molar-refractivity contribution in [1.29, 1.82) is 0 Å². The molecule has 0 saturated carbocycles. The van der Waals surface area contributed by atoms with Gasteiger partial charge in [-0.1, -0.05) is 15.9 Å². The average Bonchev–Trinajstić information content (AvgIpc) is 2.44. The Morgan fingerprint density at radius 3 is 2.93 bits per heavy atom. The van der Waals surface area contributed by atoms with Crippen molar-refractivity contribution in [2.45, 2.75) is 13.3 Å². The number of carboxylic acid groups (broad SMARTS) is 1. The van der Waals surface area contributed by atoms with Gasteiger partial charge in [-0.3, -0.25) is 4.79 Å². The molecule has 0 fully saturated rings. The Morgan fingerprint density at radius 1 is 1.53 bits per heavy atom. The maximum Gasteiger partial charge on any atom is 0.311 e. The molecular formula is C11H9BrO3. The van der Waals surface area contributed by atoms with Crippen LogP contribution in [0, 0.1) is 6.92 Å². The minimum Gasteiger partial charge on any atom is -0.481 e. The minimum absolute atomic E-state index is 0.0713. The zero-order chi connectivity index (χ0) is 11.0. The third-order valence-electron chi connectivity index (χ3n) is 2.31. The van der Waals surface area contributed by atoms with Crippen LogP contribution >= 0.6 is 15.9 Å². The van der Waals surface area contributed by atoms with E-state index >= 15 is 0 Å². The lowest BCUT2D eigenvalue weighted by atomic mass is 10.1. The van der Waals surface area contributed by atoms with Crippen molar-refractivity contribution >= 4 is 32.9 Å². The van der Waals surface area contributed by atoms with Crippen LogP contribution in [0.1, 0.15) is 11.3 Å². The number of carboxylic acids is 1. The van der Waals surface area contributed by atoms with Gasteiger partial charge in [0.05, 0.1) is 0 Å².